The quantitative estimate of drug-likeness (QED) is 0.328. The molecule has 0 atom stereocenters. The lowest BCUT2D eigenvalue weighted by atomic mass is 9.90. The first-order valence-corrected chi connectivity index (χ1v) is 9.57. The van der Waals surface area contributed by atoms with Crippen LogP contribution in [0.5, 0.6) is 5.75 Å². The summed E-state index contributed by atoms with van der Waals surface area (Å²) < 4.78 is 6.12. The summed E-state index contributed by atoms with van der Waals surface area (Å²) in [6.45, 7) is 0.535. The molecule has 0 aliphatic heterocycles. The molecule has 5 rings (SSSR count). The molecule has 0 N–H and O–H groups in total. The van der Waals surface area contributed by atoms with Crippen molar-refractivity contribution in [2.75, 3.05) is 0 Å². The molecule has 0 unspecified atom stereocenters. The average molecular weight is 360 g/mol. The van der Waals surface area contributed by atoms with Gasteiger partial charge in [-0.05, 0) is 50.4 Å². The van der Waals surface area contributed by atoms with Crippen LogP contribution in [-0.4, -0.2) is 0 Å². The van der Waals surface area contributed by atoms with Crippen molar-refractivity contribution in [2.45, 2.75) is 6.61 Å². The molecule has 0 amide bonds. The minimum absolute atomic E-state index is 0.535. The minimum atomic E-state index is 0.535. The van der Waals surface area contributed by atoms with E-state index in [1.807, 2.05) is 30.3 Å². The van der Waals surface area contributed by atoms with E-state index in [4.69, 9.17) is 4.74 Å². The van der Waals surface area contributed by atoms with Crippen molar-refractivity contribution >= 4 is 21.5 Å². The number of rotatable bonds is 4. The lowest BCUT2D eigenvalue weighted by Gasteiger charge is -2.16. The second-order valence-electron chi connectivity index (χ2n) is 6.95. The molecule has 0 saturated heterocycles. The van der Waals surface area contributed by atoms with E-state index in [0.717, 1.165) is 5.75 Å². The van der Waals surface area contributed by atoms with Crippen molar-refractivity contribution in [1.29, 1.82) is 0 Å². The predicted molar refractivity (Wildman–Crippen MR) is 118 cm³/mol. The van der Waals surface area contributed by atoms with Crippen molar-refractivity contribution in [1.82, 2.24) is 0 Å². The molecule has 0 fully saturated rings. The summed E-state index contributed by atoms with van der Waals surface area (Å²) in [6.07, 6.45) is 0. The number of benzene rings is 5. The molecule has 28 heavy (non-hydrogen) atoms. The van der Waals surface area contributed by atoms with E-state index in [1.165, 1.54) is 38.2 Å². The highest BCUT2D eigenvalue weighted by Gasteiger charge is 2.13. The predicted octanol–water partition coefficient (Wildman–Crippen LogP) is 7.24. The van der Waals surface area contributed by atoms with E-state index >= 15 is 0 Å². The first-order valence-electron chi connectivity index (χ1n) is 9.57. The molecule has 1 heteroatoms. The molecular weight excluding hydrogens is 340 g/mol. The van der Waals surface area contributed by atoms with Gasteiger partial charge in [0.2, 0.25) is 0 Å². The van der Waals surface area contributed by atoms with Crippen LogP contribution >= 0.6 is 0 Å². The fraction of sp³-hybridized carbons (Fsp3) is 0.0370. The van der Waals surface area contributed by atoms with Crippen LogP contribution in [0.4, 0.5) is 0 Å². The normalized spacial score (nSPS) is 11.0. The molecule has 5 aromatic carbocycles. The summed E-state index contributed by atoms with van der Waals surface area (Å²) >= 11 is 0. The third-order valence-corrected chi connectivity index (χ3v) is 5.21. The summed E-state index contributed by atoms with van der Waals surface area (Å²) in [5, 5.41) is 5.02. The fourth-order valence-electron chi connectivity index (χ4n) is 3.88. The van der Waals surface area contributed by atoms with E-state index in [9.17, 15) is 0 Å². The van der Waals surface area contributed by atoms with Gasteiger partial charge in [0.15, 0.2) is 0 Å². The monoisotopic (exact) mass is 360 g/mol. The molecule has 5 aromatic rings. The Kier molecular flexibility index (Phi) is 4.27. The van der Waals surface area contributed by atoms with Crippen LogP contribution in [0.1, 0.15) is 5.56 Å². The zero-order valence-electron chi connectivity index (χ0n) is 15.5. The highest BCUT2D eigenvalue weighted by molar-refractivity contribution is 6.06. The van der Waals surface area contributed by atoms with Crippen LogP contribution in [0.3, 0.4) is 0 Å². The number of hydrogen-bond acceptors (Lipinski definition) is 1. The Morgan fingerprint density at radius 3 is 1.96 bits per heavy atom. The smallest absolute Gasteiger partial charge is 0.119 e. The van der Waals surface area contributed by atoms with Crippen molar-refractivity contribution in [3.8, 4) is 16.9 Å². The highest BCUT2D eigenvalue weighted by atomic mass is 16.5. The molecule has 134 valence electrons. The van der Waals surface area contributed by atoms with E-state index in [1.54, 1.807) is 0 Å². The standard InChI is InChI=1S/C27H20O/c1-2-12-23(13-3-1)28-19-22-18-17-21-10-5-7-15-25(21)27(22)26-16-8-11-20-9-4-6-14-24(20)26/h1-18H,19H2. The van der Waals surface area contributed by atoms with Crippen LogP contribution in [0.25, 0.3) is 32.7 Å². The average Bonchev–Trinajstić information content (AvgIpc) is 2.77. The Balaban J connectivity index is 1.71. The summed E-state index contributed by atoms with van der Waals surface area (Å²) in [5.74, 6) is 0.888. The number of hydrogen-bond donors (Lipinski definition) is 0. The topological polar surface area (TPSA) is 9.23 Å². The number of ether oxygens (including phenoxy) is 1. The Morgan fingerprint density at radius 1 is 0.500 bits per heavy atom. The Labute approximate surface area is 164 Å². The van der Waals surface area contributed by atoms with Crippen molar-refractivity contribution in [2.24, 2.45) is 0 Å². The summed E-state index contributed by atoms with van der Waals surface area (Å²) in [4.78, 5) is 0. The maximum Gasteiger partial charge on any atom is 0.119 e. The first kappa shape index (κ1) is 16.6. The summed E-state index contributed by atoms with van der Waals surface area (Å²) in [6, 6.07) is 38.1. The van der Waals surface area contributed by atoms with Gasteiger partial charge in [-0.25, -0.2) is 0 Å². The third-order valence-electron chi connectivity index (χ3n) is 5.21. The Morgan fingerprint density at radius 2 is 1.14 bits per heavy atom. The van der Waals surface area contributed by atoms with Crippen LogP contribution in [0, 0.1) is 0 Å². The zero-order chi connectivity index (χ0) is 18.8. The molecule has 0 aromatic heterocycles. The zero-order valence-corrected chi connectivity index (χ0v) is 15.5. The minimum Gasteiger partial charge on any atom is -0.489 e. The summed E-state index contributed by atoms with van der Waals surface area (Å²) in [7, 11) is 0. The van der Waals surface area contributed by atoms with Crippen LogP contribution in [-0.2, 0) is 6.61 Å². The van der Waals surface area contributed by atoms with E-state index in [-0.39, 0.29) is 0 Å². The molecule has 0 bridgehead atoms. The molecule has 0 radical (unpaired) electrons. The van der Waals surface area contributed by atoms with Crippen LogP contribution in [0.2, 0.25) is 0 Å². The second-order valence-corrected chi connectivity index (χ2v) is 6.95. The van der Waals surface area contributed by atoms with E-state index < -0.39 is 0 Å². The molecule has 0 saturated carbocycles. The van der Waals surface area contributed by atoms with Crippen molar-refractivity contribution in [3.63, 3.8) is 0 Å². The van der Waals surface area contributed by atoms with Gasteiger partial charge in [-0.2, -0.15) is 0 Å². The lowest BCUT2D eigenvalue weighted by Crippen LogP contribution is -1.99. The van der Waals surface area contributed by atoms with Gasteiger partial charge in [0.25, 0.3) is 0 Å². The Hall–Kier alpha value is -3.58. The maximum absolute atomic E-state index is 6.12. The number of fused-ring (bicyclic) bond motifs is 2. The highest BCUT2D eigenvalue weighted by Crippen LogP contribution is 2.37. The fourth-order valence-corrected chi connectivity index (χ4v) is 3.88. The molecule has 0 heterocycles. The van der Waals surface area contributed by atoms with Gasteiger partial charge in [0.05, 0.1) is 0 Å². The summed E-state index contributed by atoms with van der Waals surface area (Å²) in [5.41, 5.74) is 3.70. The molecule has 0 aliphatic carbocycles. The van der Waals surface area contributed by atoms with Gasteiger partial charge in [-0.15, -0.1) is 0 Å². The van der Waals surface area contributed by atoms with Gasteiger partial charge >= 0.3 is 0 Å². The van der Waals surface area contributed by atoms with E-state index in [2.05, 4.69) is 78.9 Å². The largest absolute Gasteiger partial charge is 0.489 e. The van der Waals surface area contributed by atoms with Gasteiger partial charge in [-0.1, -0.05) is 97.1 Å². The lowest BCUT2D eigenvalue weighted by molar-refractivity contribution is 0.307. The number of para-hydroxylation sites is 1. The van der Waals surface area contributed by atoms with Crippen LogP contribution < -0.4 is 4.74 Å². The van der Waals surface area contributed by atoms with Crippen LogP contribution in [0.15, 0.2) is 109 Å². The SMILES string of the molecule is c1ccc(OCc2ccc3ccccc3c2-c2cccc3ccccc23)cc1. The Bertz CT molecular complexity index is 1250. The molecule has 0 spiro atoms. The third kappa shape index (κ3) is 3.01. The second kappa shape index (κ2) is 7.21. The molecule has 1 nitrogen and oxygen atoms in total. The van der Waals surface area contributed by atoms with Gasteiger partial charge < -0.3 is 4.74 Å². The maximum atomic E-state index is 6.12. The van der Waals surface area contributed by atoms with Crippen molar-refractivity contribution in [3.05, 3.63) is 115 Å². The van der Waals surface area contributed by atoms with Gasteiger partial charge in [0.1, 0.15) is 12.4 Å². The molecule has 0 aliphatic rings. The van der Waals surface area contributed by atoms with Crippen molar-refractivity contribution < 1.29 is 4.74 Å². The first-order chi connectivity index (χ1) is 13.9. The van der Waals surface area contributed by atoms with E-state index in [0.29, 0.717) is 6.61 Å². The van der Waals surface area contributed by atoms with Gasteiger partial charge in [0, 0.05) is 0 Å². The van der Waals surface area contributed by atoms with Gasteiger partial charge in [-0.3, -0.25) is 0 Å². The molecular formula is C27H20O.